The highest BCUT2D eigenvalue weighted by atomic mass is 32.1. The summed E-state index contributed by atoms with van der Waals surface area (Å²) in [7, 11) is 0. The number of nitrogens with zero attached hydrogens (tertiary/aromatic N) is 1. The SMILES string of the molecule is C/C(N)=c1\ccs\c1=C(\N)c1cnccc1C(F)(F)F. The predicted octanol–water partition coefficient (Wildman–Crippen LogP) is 1.36. The van der Waals surface area contributed by atoms with Crippen molar-refractivity contribution in [3.63, 3.8) is 0 Å². The van der Waals surface area contributed by atoms with Crippen LogP contribution in [0.3, 0.4) is 0 Å². The molecule has 0 bridgehead atoms. The maximum absolute atomic E-state index is 13.0. The number of hydrogen-bond donors (Lipinski definition) is 2. The molecular weight excluding hydrogens is 287 g/mol. The summed E-state index contributed by atoms with van der Waals surface area (Å²) in [6, 6.07) is 2.64. The third kappa shape index (κ3) is 2.62. The van der Waals surface area contributed by atoms with Crippen molar-refractivity contribution in [1.29, 1.82) is 0 Å². The molecule has 2 aromatic heterocycles. The lowest BCUT2D eigenvalue weighted by Gasteiger charge is -2.11. The molecule has 0 aliphatic rings. The van der Waals surface area contributed by atoms with Crippen molar-refractivity contribution >= 4 is 22.7 Å². The maximum atomic E-state index is 13.0. The molecule has 0 saturated heterocycles. The number of thiophene rings is 1. The van der Waals surface area contributed by atoms with Crippen molar-refractivity contribution in [3.05, 3.63) is 50.8 Å². The van der Waals surface area contributed by atoms with Gasteiger partial charge in [0, 0.05) is 28.9 Å². The molecule has 7 heteroatoms. The largest absolute Gasteiger partial charge is 0.417 e. The Morgan fingerprint density at radius 2 is 1.95 bits per heavy atom. The minimum Gasteiger partial charge on any atom is -0.402 e. The second kappa shape index (κ2) is 5.16. The van der Waals surface area contributed by atoms with Crippen LogP contribution in [-0.2, 0) is 6.18 Å². The molecule has 106 valence electrons. The van der Waals surface area contributed by atoms with Crippen LogP contribution in [0.5, 0.6) is 0 Å². The molecule has 0 spiro atoms. The van der Waals surface area contributed by atoms with E-state index in [2.05, 4.69) is 4.98 Å². The van der Waals surface area contributed by atoms with Crippen LogP contribution in [0.15, 0.2) is 29.9 Å². The standard InChI is InChI=1S/C13H12F3N3S/c1-7(17)8-3-5-20-12(8)11(18)9-6-19-4-2-10(9)13(14,15)16/h2-6H,17-18H2,1H3/b8-7-,12-11+. The number of aromatic nitrogens is 1. The van der Waals surface area contributed by atoms with Crippen LogP contribution < -0.4 is 21.2 Å². The highest BCUT2D eigenvalue weighted by Gasteiger charge is 2.34. The molecule has 20 heavy (non-hydrogen) atoms. The molecule has 0 radical (unpaired) electrons. The van der Waals surface area contributed by atoms with E-state index in [1.807, 2.05) is 0 Å². The van der Waals surface area contributed by atoms with Gasteiger partial charge in [-0.15, -0.1) is 11.3 Å². The first kappa shape index (κ1) is 14.4. The van der Waals surface area contributed by atoms with Crippen LogP contribution in [0.4, 0.5) is 13.2 Å². The minimum absolute atomic E-state index is 0.0280. The summed E-state index contributed by atoms with van der Waals surface area (Å²) in [5, 5.41) is 2.38. The first-order valence-corrected chi connectivity index (χ1v) is 6.51. The van der Waals surface area contributed by atoms with E-state index < -0.39 is 11.7 Å². The van der Waals surface area contributed by atoms with Crippen molar-refractivity contribution in [1.82, 2.24) is 4.98 Å². The maximum Gasteiger partial charge on any atom is 0.417 e. The van der Waals surface area contributed by atoms with Crippen molar-refractivity contribution < 1.29 is 13.2 Å². The molecule has 0 atom stereocenters. The van der Waals surface area contributed by atoms with Crippen molar-refractivity contribution in [2.45, 2.75) is 13.1 Å². The van der Waals surface area contributed by atoms with Gasteiger partial charge in [-0.1, -0.05) is 0 Å². The lowest BCUT2D eigenvalue weighted by molar-refractivity contribution is -0.137. The van der Waals surface area contributed by atoms with Gasteiger partial charge in [0.25, 0.3) is 0 Å². The zero-order valence-electron chi connectivity index (χ0n) is 10.5. The summed E-state index contributed by atoms with van der Waals surface area (Å²) < 4.78 is 39.5. The van der Waals surface area contributed by atoms with Gasteiger partial charge in [-0.3, -0.25) is 4.98 Å². The minimum atomic E-state index is -4.48. The molecule has 0 aliphatic heterocycles. The highest BCUT2D eigenvalue weighted by Crippen LogP contribution is 2.32. The van der Waals surface area contributed by atoms with Crippen LogP contribution >= 0.6 is 11.3 Å². The molecular formula is C13H12F3N3S. The normalized spacial score (nSPS) is 15.0. The number of rotatable bonds is 1. The van der Waals surface area contributed by atoms with E-state index in [1.165, 1.54) is 11.3 Å². The van der Waals surface area contributed by atoms with E-state index in [1.54, 1.807) is 18.4 Å². The lowest BCUT2D eigenvalue weighted by Crippen LogP contribution is -2.29. The summed E-state index contributed by atoms with van der Waals surface area (Å²) >= 11 is 1.24. The van der Waals surface area contributed by atoms with E-state index in [9.17, 15) is 13.2 Å². The third-order valence-electron chi connectivity index (χ3n) is 2.75. The van der Waals surface area contributed by atoms with E-state index in [0.29, 0.717) is 15.4 Å². The third-order valence-corrected chi connectivity index (χ3v) is 3.70. The van der Waals surface area contributed by atoms with E-state index in [4.69, 9.17) is 11.5 Å². The average Bonchev–Trinajstić information content (AvgIpc) is 2.86. The van der Waals surface area contributed by atoms with Crippen molar-refractivity contribution in [3.8, 4) is 0 Å². The summed E-state index contributed by atoms with van der Waals surface area (Å²) in [6.45, 7) is 1.67. The first-order valence-electron chi connectivity index (χ1n) is 5.63. The van der Waals surface area contributed by atoms with Crippen LogP contribution in [0.25, 0.3) is 11.4 Å². The summed E-state index contributed by atoms with van der Waals surface area (Å²) in [5.41, 5.74) is 11.2. The topological polar surface area (TPSA) is 64.9 Å². The van der Waals surface area contributed by atoms with Crippen molar-refractivity contribution in [2.24, 2.45) is 11.5 Å². The number of nitrogens with two attached hydrogens (primary N) is 2. The fourth-order valence-corrected chi connectivity index (χ4v) is 2.74. The van der Waals surface area contributed by atoms with Gasteiger partial charge in [-0.05, 0) is 24.4 Å². The van der Waals surface area contributed by atoms with Gasteiger partial charge in [-0.25, -0.2) is 0 Å². The molecule has 0 amide bonds. The summed E-state index contributed by atoms with van der Waals surface area (Å²) in [6.07, 6.45) is -2.27. The monoisotopic (exact) mass is 299 g/mol. The fourth-order valence-electron chi connectivity index (χ4n) is 1.81. The number of pyridine rings is 1. The Morgan fingerprint density at radius 1 is 1.25 bits per heavy atom. The zero-order chi connectivity index (χ0) is 14.9. The number of alkyl halides is 3. The molecule has 0 aromatic carbocycles. The Bertz CT molecular complexity index is 743. The lowest BCUT2D eigenvalue weighted by atomic mass is 10.1. The van der Waals surface area contributed by atoms with Crippen LogP contribution in [0.2, 0.25) is 0 Å². The predicted molar refractivity (Wildman–Crippen MR) is 72.8 cm³/mol. The molecule has 3 nitrogen and oxygen atoms in total. The van der Waals surface area contributed by atoms with Crippen LogP contribution in [0.1, 0.15) is 18.1 Å². The molecule has 0 unspecified atom stereocenters. The summed E-state index contributed by atoms with van der Waals surface area (Å²) in [5.74, 6) is 0. The molecule has 0 fully saturated rings. The Hall–Kier alpha value is -2.02. The molecule has 0 aliphatic carbocycles. The zero-order valence-corrected chi connectivity index (χ0v) is 11.3. The summed E-state index contributed by atoms with van der Waals surface area (Å²) in [4.78, 5) is 3.73. The fraction of sp³-hybridized carbons (Fsp3) is 0.154. The Balaban J connectivity index is 2.82. The highest BCUT2D eigenvalue weighted by molar-refractivity contribution is 7.07. The van der Waals surface area contributed by atoms with Gasteiger partial charge in [0.1, 0.15) is 0 Å². The van der Waals surface area contributed by atoms with Crippen LogP contribution in [-0.4, -0.2) is 4.98 Å². The second-order valence-corrected chi connectivity index (χ2v) is 5.10. The van der Waals surface area contributed by atoms with Crippen molar-refractivity contribution in [2.75, 3.05) is 0 Å². The van der Waals surface area contributed by atoms with E-state index in [0.717, 1.165) is 18.5 Å². The molecule has 4 N–H and O–H groups in total. The number of hydrogen-bond acceptors (Lipinski definition) is 4. The van der Waals surface area contributed by atoms with E-state index >= 15 is 0 Å². The van der Waals surface area contributed by atoms with Gasteiger partial charge < -0.3 is 11.5 Å². The average molecular weight is 299 g/mol. The molecule has 0 saturated carbocycles. The first-order chi connectivity index (χ1) is 9.32. The Kier molecular flexibility index (Phi) is 3.71. The Labute approximate surface area is 117 Å². The Morgan fingerprint density at radius 3 is 2.55 bits per heavy atom. The van der Waals surface area contributed by atoms with E-state index in [-0.39, 0.29) is 11.3 Å². The quantitative estimate of drug-likeness (QED) is 0.836. The van der Waals surface area contributed by atoms with Gasteiger partial charge in [-0.2, -0.15) is 13.2 Å². The van der Waals surface area contributed by atoms with Crippen LogP contribution in [0, 0.1) is 0 Å². The van der Waals surface area contributed by atoms with Gasteiger partial charge >= 0.3 is 6.18 Å². The molecule has 2 heterocycles. The number of halogens is 3. The second-order valence-electron chi connectivity index (χ2n) is 4.18. The molecule has 2 rings (SSSR count). The molecule has 2 aromatic rings. The van der Waals surface area contributed by atoms with Gasteiger partial charge in [0.05, 0.1) is 15.8 Å². The smallest absolute Gasteiger partial charge is 0.402 e. The van der Waals surface area contributed by atoms with Gasteiger partial charge in [0.2, 0.25) is 0 Å². The van der Waals surface area contributed by atoms with Gasteiger partial charge in [0.15, 0.2) is 0 Å².